The molecule has 3 aromatic carbocycles. The molecule has 0 bridgehead atoms. The van der Waals surface area contributed by atoms with Gasteiger partial charge in [-0.1, -0.05) is 36.4 Å². The molecular formula is C31H32F2N4O3. The van der Waals surface area contributed by atoms with E-state index in [1.54, 1.807) is 30.5 Å². The zero-order valence-corrected chi connectivity index (χ0v) is 22.7. The van der Waals surface area contributed by atoms with Gasteiger partial charge in [0, 0.05) is 44.7 Å². The lowest BCUT2D eigenvalue weighted by Crippen LogP contribution is -2.49. The molecule has 0 spiro atoms. The molecule has 4 aromatic rings. The minimum absolute atomic E-state index is 0.121. The highest BCUT2D eigenvalue weighted by Crippen LogP contribution is 2.32. The van der Waals surface area contributed by atoms with Crippen LogP contribution in [0.15, 0.2) is 83.8 Å². The van der Waals surface area contributed by atoms with E-state index in [0.29, 0.717) is 36.3 Å². The van der Waals surface area contributed by atoms with Crippen molar-refractivity contribution in [2.45, 2.75) is 32.7 Å². The number of aromatic nitrogens is 2. The number of hydrogen-bond donors (Lipinski definition) is 1. The van der Waals surface area contributed by atoms with Gasteiger partial charge in [0.15, 0.2) is 0 Å². The molecule has 1 saturated heterocycles. The van der Waals surface area contributed by atoms with E-state index in [2.05, 4.69) is 28.7 Å². The van der Waals surface area contributed by atoms with Crippen LogP contribution in [0.4, 0.5) is 14.5 Å². The number of hydrogen-bond acceptors (Lipinski definition) is 6. The van der Waals surface area contributed by atoms with E-state index in [1.807, 2.05) is 24.3 Å². The highest BCUT2D eigenvalue weighted by molar-refractivity contribution is 5.65. The van der Waals surface area contributed by atoms with Crippen LogP contribution >= 0.6 is 0 Å². The summed E-state index contributed by atoms with van der Waals surface area (Å²) in [6.45, 7) is 8.25. The molecule has 0 aliphatic carbocycles. The zero-order valence-electron chi connectivity index (χ0n) is 22.7. The molecule has 0 radical (unpaired) electrons. The van der Waals surface area contributed by atoms with Crippen molar-refractivity contribution in [1.82, 2.24) is 14.7 Å². The normalized spacial score (nSPS) is 14.5. The van der Waals surface area contributed by atoms with Crippen LogP contribution in [0.5, 0.6) is 17.2 Å². The predicted molar refractivity (Wildman–Crippen MR) is 152 cm³/mol. The summed E-state index contributed by atoms with van der Waals surface area (Å²) in [6.07, 6.45) is 1.61. The Morgan fingerprint density at radius 2 is 1.45 bits per heavy atom. The van der Waals surface area contributed by atoms with Crippen LogP contribution < -0.4 is 15.2 Å². The highest BCUT2D eigenvalue weighted by Gasteiger charge is 2.26. The van der Waals surface area contributed by atoms with Gasteiger partial charge in [0.25, 0.3) is 5.92 Å². The fourth-order valence-corrected chi connectivity index (χ4v) is 4.80. The smallest absolute Gasteiger partial charge is 0.316 e. The molecule has 1 aliphatic rings. The van der Waals surface area contributed by atoms with Gasteiger partial charge in [-0.3, -0.25) is 9.69 Å². The molecule has 0 unspecified atom stereocenters. The van der Waals surface area contributed by atoms with E-state index in [-0.39, 0.29) is 17.1 Å². The number of halogens is 2. The monoisotopic (exact) mass is 546 g/mol. The van der Waals surface area contributed by atoms with Crippen molar-refractivity contribution in [1.29, 1.82) is 0 Å². The lowest BCUT2D eigenvalue weighted by atomic mass is 10.1. The minimum atomic E-state index is -2.99. The number of anilines is 1. The molecule has 1 N–H and O–H groups in total. The average Bonchev–Trinajstić information content (AvgIpc) is 2.95. The quantitative estimate of drug-likeness (QED) is 0.305. The predicted octanol–water partition coefficient (Wildman–Crippen LogP) is 6.04. The van der Waals surface area contributed by atoms with E-state index >= 15 is 0 Å². The van der Waals surface area contributed by atoms with Gasteiger partial charge in [-0.15, -0.1) is 0 Å². The summed E-state index contributed by atoms with van der Waals surface area (Å²) in [6, 6.07) is 20.1. The second-order valence-corrected chi connectivity index (χ2v) is 10.3. The molecule has 9 heteroatoms. The molecule has 0 saturated carbocycles. The van der Waals surface area contributed by atoms with Crippen LogP contribution in [0.3, 0.4) is 0 Å². The molecule has 208 valence electrons. The van der Waals surface area contributed by atoms with Crippen LogP contribution in [0.2, 0.25) is 0 Å². The largest absolute Gasteiger partial charge is 0.508 e. The van der Waals surface area contributed by atoms with Gasteiger partial charge >= 0.3 is 5.56 Å². The number of aromatic hydroxyl groups is 1. The molecule has 0 atom stereocenters. The Morgan fingerprint density at radius 3 is 2.00 bits per heavy atom. The van der Waals surface area contributed by atoms with E-state index in [4.69, 9.17) is 4.74 Å². The van der Waals surface area contributed by atoms with Crippen molar-refractivity contribution < 1.29 is 18.6 Å². The molecule has 2 heterocycles. The fourth-order valence-electron chi connectivity index (χ4n) is 4.80. The SMILES string of the molecule is CC(C)N1CCN(c2cnn(-c3ccc(C(C)(F)F)cc3)c(=O)c2Oc2ccc(-c3ccc(O)cc3)cc2)CC1. The summed E-state index contributed by atoms with van der Waals surface area (Å²) < 4.78 is 34.9. The first-order chi connectivity index (χ1) is 19.1. The Hall–Kier alpha value is -4.24. The fraction of sp³-hybridized carbons (Fsp3) is 0.290. The standard InChI is InChI=1S/C31H32F2N4O3/c1-21(2)35-16-18-36(19-17-35)28-20-34-37(25-10-8-24(9-11-25)31(3,32)33)30(39)29(28)40-27-14-6-23(7-15-27)22-4-12-26(38)13-5-22/h4-15,20-21,38H,16-19H2,1-3H3. The summed E-state index contributed by atoms with van der Waals surface area (Å²) in [4.78, 5) is 18.2. The van der Waals surface area contributed by atoms with Crippen LogP contribution in [-0.4, -0.2) is 52.0 Å². The third-order valence-electron chi connectivity index (χ3n) is 7.19. The second kappa shape index (κ2) is 11.1. The molecule has 7 nitrogen and oxygen atoms in total. The maximum Gasteiger partial charge on any atom is 0.316 e. The minimum Gasteiger partial charge on any atom is -0.508 e. The topological polar surface area (TPSA) is 70.8 Å². The van der Waals surface area contributed by atoms with Crippen LogP contribution in [0.1, 0.15) is 26.3 Å². The van der Waals surface area contributed by atoms with Crippen molar-refractivity contribution in [3.8, 4) is 34.1 Å². The number of phenols is 1. The molecule has 0 amide bonds. The van der Waals surface area contributed by atoms with Crippen molar-refractivity contribution >= 4 is 5.69 Å². The summed E-state index contributed by atoms with van der Waals surface area (Å²) >= 11 is 0. The lowest BCUT2D eigenvalue weighted by Gasteiger charge is -2.38. The summed E-state index contributed by atoms with van der Waals surface area (Å²) in [5.74, 6) is -2.20. The van der Waals surface area contributed by atoms with Crippen LogP contribution in [-0.2, 0) is 5.92 Å². The Labute approximate surface area is 231 Å². The van der Waals surface area contributed by atoms with E-state index in [1.165, 1.54) is 28.9 Å². The van der Waals surface area contributed by atoms with Gasteiger partial charge in [-0.25, -0.2) is 8.78 Å². The first kappa shape index (κ1) is 27.3. The van der Waals surface area contributed by atoms with Gasteiger partial charge < -0.3 is 14.7 Å². The van der Waals surface area contributed by atoms with Crippen LogP contribution in [0, 0.1) is 0 Å². The second-order valence-electron chi connectivity index (χ2n) is 10.3. The van der Waals surface area contributed by atoms with E-state index in [9.17, 15) is 18.7 Å². The first-order valence-corrected chi connectivity index (χ1v) is 13.3. The van der Waals surface area contributed by atoms with Crippen molar-refractivity contribution in [3.05, 3.63) is 94.9 Å². The third kappa shape index (κ3) is 5.84. The van der Waals surface area contributed by atoms with Gasteiger partial charge in [-0.2, -0.15) is 9.78 Å². The highest BCUT2D eigenvalue weighted by atomic mass is 19.3. The summed E-state index contributed by atoms with van der Waals surface area (Å²) in [7, 11) is 0. The Morgan fingerprint density at radius 1 is 0.875 bits per heavy atom. The Kier molecular flexibility index (Phi) is 7.58. The van der Waals surface area contributed by atoms with Gasteiger partial charge in [0.2, 0.25) is 5.75 Å². The third-order valence-corrected chi connectivity index (χ3v) is 7.19. The first-order valence-electron chi connectivity index (χ1n) is 13.3. The van der Waals surface area contributed by atoms with Gasteiger partial charge in [0.05, 0.1) is 11.9 Å². The number of nitrogens with zero attached hydrogens (tertiary/aromatic N) is 4. The van der Waals surface area contributed by atoms with E-state index in [0.717, 1.165) is 31.1 Å². The van der Waals surface area contributed by atoms with Gasteiger partial charge in [-0.05, 0) is 61.4 Å². The maximum atomic E-state index is 13.8. The average molecular weight is 547 g/mol. The number of piperazine rings is 1. The number of ether oxygens (including phenoxy) is 1. The maximum absolute atomic E-state index is 13.8. The number of rotatable bonds is 7. The van der Waals surface area contributed by atoms with Crippen molar-refractivity contribution in [2.24, 2.45) is 0 Å². The molecule has 1 aromatic heterocycles. The van der Waals surface area contributed by atoms with Crippen LogP contribution in [0.25, 0.3) is 16.8 Å². The van der Waals surface area contributed by atoms with E-state index < -0.39 is 11.5 Å². The van der Waals surface area contributed by atoms with Crippen molar-refractivity contribution in [2.75, 3.05) is 31.1 Å². The summed E-state index contributed by atoms with van der Waals surface area (Å²) in [5.41, 5.74) is 2.18. The lowest BCUT2D eigenvalue weighted by molar-refractivity contribution is 0.0175. The Balaban J connectivity index is 1.49. The van der Waals surface area contributed by atoms with Crippen molar-refractivity contribution in [3.63, 3.8) is 0 Å². The molecule has 5 rings (SSSR count). The molecule has 1 aliphatic heterocycles. The summed E-state index contributed by atoms with van der Waals surface area (Å²) in [5, 5.41) is 14.0. The number of alkyl halides is 2. The Bertz CT molecular complexity index is 1510. The molecule has 40 heavy (non-hydrogen) atoms. The molecular weight excluding hydrogens is 514 g/mol. The number of benzene rings is 3. The number of phenolic OH excluding ortho intramolecular Hbond substituents is 1. The zero-order chi connectivity index (χ0) is 28.4. The van der Waals surface area contributed by atoms with Gasteiger partial charge in [0.1, 0.15) is 17.2 Å². The molecule has 1 fully saturated rings.